The Morgan fingerprint density at radius 3 is 2.19 bits per heavy atom. The number of aromatic nitrogens is 2. The number of imide groups is 1. The lowest BCUT2D eigenvalue weighted by atomic mass is 10.1. The van der Waals surface area contributed by atoms with Crippen LogP contribution in [0, 0.1) is 4.77 Å². The van der Waals surface area contributed by atoms with E-state index >= 15 is 0 Å². The van der Waals surface area contributed by atoms with Gasteiger partial charge in [0.1, 0.15) is 0 Å². The fourth-order valence-electron chi connectivity index (χ4n) is 3.97. The van der Waals surface area contributed by atoms with Crippen LogP contribution in [0.1, 0.15) is 61.3 Å². The molecule has 1 aromatic heterocycles. The molecule has 0 saturated heterocycles. The second kappa shape index (κ2) is 9.56. The van der Waals surface area contributed by atoms with Crippen molar-refractivity contribution in [2.45, 2.75) is 59.7 Å². The third kappa shape index (κ3) is 3.68. The van der Waals surface area contributed by atoms with Crippen LogP contribution < -0.4 is 10.3 Å². The van der Waals surface area contributed by atoms with Gasteiger partial charge in [0.2, 0.25) is 11.6 Å². The predicted molar refractivity (Wildman–Crippen MR) is 123 cm³/mol. The first kappa shape index (κ1) is 23.5. The van der Waals surface area contributed by atoms with Crippen LogP contribution in [0.5, 0.6) is 5.88 Å². The summed E-state index contributed by atoms with van der Waals surface area (Å²) in [6, 6.07) is 4.67. The molecular weight excluding hydrogens is 430 g/mol. The highest BCUT2D eigenvalue weighted by molar-refractivity contribution is 7.71. The number of benzene rings is 1. The average Bonchev–Trinajstić information content (AvgIpc) is 3.05. The van der Waals surface area contributed by atoms with Gasteiger partial charge < -0.3 is 4.74 Å². The Balaban J connectivity index is 2.16. The highest BCUT2D eigenvalue weighted by atomic mass is 32.1. The molecule has 0 spiro atoms. The van der Waals surface area contributed by atoms with Crippen molar-refractivity contribution in [3.8, 4) is 5.88 Å². The Labute approximate surface area is 191 Å². The summed E-state index contributed by atoms with van der Waals surface area (Å²) in [5.74, 6) is -0.527. The highest BCUT2D eigenvalue weighted by Crippen LogP contribution is 2.35. The van der Waals surface area contributed by atoms with Crippen LogP contribution in [0.4, 0.5) is 11.4 Å². The van der Waals surface area contributed by atoms with Crippen molar-refractivity contribution in [2.24, 2.45) is 10.2 Å². The van der Waals surface area contributed by atoms with E-state index in [1.807, 2.05) is 27.7 Å². The molecular formula is C22H27N5O4S. The number of ether oxygens (including phenoxy) is 1. The smallest absolute Gasteiger partial charge is 0.286 e. The van der Waals surface area contributed by atoms with Crippen molar-refractivity contribution < 1.29 is 14.3 Å². The summed E-state index contributed by atoms with van der Waals surface area (Å²) in [5.41, 5.74) is 0.267. The minimum Gasteiger partial charge on any atom is -0.480 e. The second-order valence-electron chi connectivity index (χ2n) is 7.28. The molecule has 0 N–H and O–H groups in total. The quantitative estimate of drug-likeness (QED) is 0.327. The van der Waals surface area contributed by atoms with Crippen molar-refractivity contribution in [1.29, 1.82) is 0 Å². The van der Waals surface area contributed by atoms with E-state index < -0.39 is 11.5 Å². The predicted octanol–water partition coefficient (Wildman–Crippen LogP) is 4.63. The molecule has 0 unspecified atom stereocenters. The maximum atomic E-state index is 13.1. The molecule has 10 heteroatoms. The molecule has 0 aliphatic carbocycles. The zero-order chi connectivity index (χ0) is 23.6. The maximum absolute atomic E-state index is 13.1. The van der Waals surface area contributed by atoms with Gasteiger partial charge in [-0.3, -0.25) is 28.4 Å². The number of carbonyl (C=O) groups is 2. The minimum atomic E-state index is -0.434. The molecule has 0 radical (unpaired) electrons. The normalized spacial score (nSPS) is 13.5. The van der Waals surface area contributed by atoms with E-state index in [9.17, 15) is 14.4 Å². The van der Waals surface area contributed by atoms with E-state index in [2.05, 4.69) is 10.2 Å². The lowest BCUT2D eigenvalue weighted by Gasteiger charge is -2.23. The fraction of sp³-hybridized carbons (Fsp3) is 0.455. The molecule has 1 aromatic carbocycles. The number of hydrogen-bond acceptors (Lipinski definition) is 7. The number of hydrogen-bond donors (Lipinski definition) is 0. The van der Waals surface area contributed by atoms with Crippen molar-refractivity contribution in [3.05, 3.63) is 44.5 Å². The van der Waals surface area contributed by atoms with E-state index in [0.29, 0.717) is 36.3 Å². The van der Waals surface area contributed by atoms with Crippen molar-refractivity contribution in [3.63, 3.8) is 0 Å². The van der Waals surface area contributed by atoms with Gasteiger partial charge in [-0.2, -0.15) is 0 Å². The molecule has 2 amide bonds. The Bertz CT molecular complexity index is 1210. The van der Waals surface area contributed by atoms with E-state index in [0.717, 1.165) is 0 Å². The number of amides is 2. The van der Waals surface area contributed by atoms with Gasteiger partial charge in [-0.05, 0) is 51.0 Å². The SMILES string of the molecule is CCC(CC)N1C(=O)c2cccc(N=Nc3c(OC)n(CC)c(=S)n(CC)c3=O)c2C1=O. The molecule has 1 aliphatic rings. The molecule has 0 fully saturated rings. The van der Waals surface area contributed by atoms with Crippen molar-refractivity contribution >= 4 is 35.4 Å². The summed E-state index contributed by atoms with van der Waals surface area (Å²) in [5, 5.41) is 8.38. The average molecular weight is 458 g/mol. The van der Waals surface area contributed by atoms with Gasteiger partial charge in [0.25, 0.3) is 17.4 Å². The first-order valence-corrected chi connectivity index (χ1v) is 11.1. The lowest BCUT2D eigenvalue weighted by molar-refractivity contribution is 0.0576. The summed E-state index contributed by atoms with van der Waals surface area (Å²) in [7, 11) is 1.43. The van der Waals surface area contributed by atoms with Gasteiger partial charge in [0.05, 0.1) is 23.9 Å². The van der Waals surface area contributed by atoms with E-state index in [4.69, 9.17) is 17.0 Å². The van der Waals surface area contributed by atoms with Crippen LogP contribution in [0.2, 0.25) is 0 Å². The van der Waals surface area contributed by atoms with Gasteiger partial charge in [-0.25, -0.2) is 0 Å². The third-order valence-corrected chi connectivity index (χ3v) is 6.11. The zero-order valence-corrected chi connectivity index (χ0v) is 19.7. The molecule has 3 rings (SSSR count). The van der Waals surface area contributed by atoms with Crippen LogP contribution in [-0.2, 0) is 13.1 Å². The van der Waals surface area contributed by atoms with E-state index in [-0.39, 0.29) is 34.8 Å². The largest absolute Gasteiger partial charge is 0.480 e. The summed E-state index contributed by atoms with van der Waals surface area (Å²) in [4.78, 5) is 40.3. The molecule has 0 bridgehead atoms. The van der Waals surface area contributed by atoms with Gasteiger partial charge in [-0.1, -0.05) is 19.9 Å². The first-order chi connectivity index (χ1) is 15.4. The van der Waals surface area contributed by atoms with Crippen LogP contribution in [0.15, 0.2) is 33.2 Å². The first-order valence-electron chi connectivity index (χ1n) is 10.7. The summed E-state index contributed by atoms with van der Waals surface area (Å²) >= 11 is 5.41. The van der Waals surface area contributed by atoms with Gasteiger partial charge in [-0.15, -0.1) is 10.2 Å². The van der Waals surface area contributed by atoms with Gasteiger partial charge in [0.15, 0.2) is 4.77 Å². The summed E-state index contributed by atoms with van der Waals surface area (Å²) < 4.78 is 8.83. The van der Waals surface area contributed by atoms with Gasteiger partial charge in [0, 0.05) is 19.1 Å². The molecule has 32 heavy (non-hydrogen) atoms. The number of rotatable bonds is 8. The van der Waals surface area contributed by atoms with Crippen molar-refractivity contribution in [1.82, 2.24) is 14.0 Å². The lowest BCUT2D eigenvalue weighted by Crippen LogP contribution is -2.39. The molecule has 1 aliphatic heterocycles. The number of nitrogens with zero attached hydrogens (tertiary/aromatic N) is 5. The second-order valence-corrected chi connectivity index (χ2v) is 7.65. The number of fused-ring (bicyclic) bond motifs is 1. The molecule has 0 atom stereocenters. The van der Waals surface area contributed by atoms with Crippen molar-refractivity contribution in [2.75, 3.05) is 7.11 Å². The van der Waals surface area contributed by atoms with Gasteiger partial charge >= 0.3 is 0 Å². The maximum Gasteiger partial charge on any atom is 0.286 e. The monoisotopic (exact) mass is 457 g/mol. The van der Waals surface area contributed by atoms with E-state index in [1.54, 1.807) is 22.8 Å². The number of azo groups is 1. The Hall–Kier alpha value is -3.14. The molecule has 2 heterocycles. The third-order valence-electron chi connectivity index (χ3n) is 5.67. The standard InChI is InChI=1S/C22H27N5O4S/c1-6-13(7-2)27-18(28)14-11-10-12-15(16(14)19(27)29)23-24-17-20(30)25(8-3)22(32)26(9-4)21(17)31-5/h10-13H,6-9H2,1-5H3. The topological polar surface area (TPSA) is 98.3 Å². The van der Waals surface area contributed by atoms with Crippen LogP contribution in [0.25, 0.3) is 0 Å². The summed E-state index contributed by atoms with van der Waals surface area (Å²) in [6.07, 6.45) is 1.33. The molecule has 2 aromatic rings. The number of carbonyl (C=O) groups excluding carboxylic acids is 2. The van der Waals surface area contributed by atoms with Crippen LogP contribution in [0.3, 0.4) is 0 Å². The Morgan fingerprint density at radius 2 is 1.62 bits per heavy atom. The summed E-state index contributed by atoms with van der Waals surface area (Å²) in [6.45, 7) is 8.41. The highest BCUT2D eigenvalue weighted by Gasteiger charge is 2.40. The molecule has 9 nitrogen and oxygen atoms in total. The van der Waals surface area contributed by atoms with E-state index in [1.165, 1.54) is 16.6 Å². The molecule has 0 saturated carbocycles. The fourth-order valence-corrected chi connectivity index (χ4v) is 4.40. The Morgan fingerprint density at radius 1 is 0.969 bits per heavy atom. The van der Waals surface area contributed by atoms with Crippen LogP contribution in [-0.4, -0.2) is 39.0 Å². The van der Waals surface area contributed by atoms with Crippen LogP contribution >= 0.6 is 12.2 Å². The molecule has 170 valence electrons. The number of methoxy groups -OCH3 is 1. The Kier molecular flexibility index (Phi) is 7.02. The minimum absolute atomic E-state index is 0.0176. The zero-order valence-electron chi connectivity index (χ0n) is 18.9.